The monoisotopic (exact) mass is 441 g/mol. The topological polar surface area (TPSA) is 78.9 Å². The molecule has 1 aromatic heterocycles. The number of amides is 1. The average molecular weight is 442 g/mol. The Balaban J connectivity index is 1.61. The number of nitrogens with one attached hydrogen (secondary N) is 1. The van der Waals surface area contributed by atoms with Gasteiger partial charge in [0.05, 0.1) is 5.39 Å². The van der Waals surface area contributed by atoms with Crippen LogP contribution in [0.2, 0.25) is 5.02 Å². The summed E-state index contributed by atoms with van der Waals surface area (Å²) in [5, 5.41) is 17.8. The Morgan fingerprint density at radius 2 is 1.81 bits per heavy atom. The quantitative estimate of drug-likeness (QED) is 0.272. The molecule has 1 N–H and O–H groups in total. The number of carbonyl (C=O) groups excluding carboxylic acids is 1. The fraction of sp³-hybridized carbons (Fsp3) is 0.115. The number of carbonyl (C=O) groups is 1. The number of fused-ring (bicyclic) bond motifs is 1. The van der Waals surface area contributed by atoms with Crippen molar-refractivity contribution in [3.05, 3.63) is 88.5 Å². The second-order valence-corrected chi connectivity index (χ2v) is 8.13. The summed E-state index contributed by atoms with van der Waals surface area (Å²) in [7, 11) is 0. The first kappa shape index (κ1) is 21.4. The van der Waals surface area contributed by atoms with Crippen molar-refractivity contribution >= 4 is 40.2 Å². The molecule has 1 amide bonds. The van der Waals surface area contributed by atoms with Crippen molar-refractivity contribution in [2.75, 3.05) is 5.32 Å². The van der Waals surface area contributed by atoms with Gasteiger partial charge in [0.15, 0.2) is 5.76 Å². The summed E-state index contributed by atoms with van der Waals surface area (Å²) in [6.07, 6.45) is 1.55. The van der Waals surface area contributed by atoms with Crippen LogP contribution in [0.25, 0.3) is 28.3 Å². The molecule has 0 atom stereocenters. The highest BCUT2D eigenvalue weighted by Crippen LogP contribution is 2.30. The SMILES string of the molecule is CC(C)c1ccc(NC(=O)/C(C#N)=C/c2ccc3noc(-c4ccc(Cl)cc4)c3c2)cc1. The maximum Gasteiger partial charge on any atom is 0.266 e. The van der Waals surface area contributed by atoms with E-state index in [1.54, 1.807) is 30.3 Å². The minimum atomic E-state index is -0.465. The lowest BCUT2D eigenvalue weighted by Gasteiger charge is -2.08. The number of nitriles is 1. The van der Waals surface area contributed by atoms with Crippen molar-refractivity contribution in [2.45, 2.75) is 19.8 Å². The number of hydrogen-bond donors (Lipinski definition) is 1. The molecule has 0 radical (unpaired) electrons. The summed E-state index contributed by atoms with van der Waals surface area (Å²) < 4.78 is 5.52. The minimum Gasteiger partial charge on any atom is -0.355 e. The van der Waals surface area contributed by atoms with E-state index < -0.39 is 5.91 Å². The van der Waals surface area contributed by atoms with E-state index in [4.69, 9.17) is 16.1 Å². The maximum absolute atomic E-state index is 12.7. The van der Waals surface area contributed by atoms with Crippen LogP contribution in [-0.4, -0.2) is 11.1 Å². The van der Waals surface area contributed by atoms with Crippen LogP contribution in [0.1, 0.15) is 30.9 Å². The molecule has 158 valence electrons. The van der Waals surface area contributed by atoms with E-state index in [-0.39, 0.29) is 5.57 Å². The number of benzene rings is 3. The Morgan fingerprint density at radius 1 is 1.09 bits per heavy atom. The van der Waals surface area contributed by atoms with Gasteiger partial charge in [-0.2, -0.15) is 5.26 Å². The highest BCUT2D eigenvalue weighted by atomic mass is 35.5. The third-order valence-electron chi connectivity index (χ3n) is 5.12. The highest BCUT2D eigenvalue weighted by Gasteiger charge is 2.13. The molecule has 6 heteroatoms. The fourth-order valence-electron chi connectivity index (χ4n) is 3.32. The summed E-state index contributed by atoms with van der Waals surface area (Å²) in [5.74, 6) is 0.535. The van der Waals surface area contributed by atoms with E-state index in [2.05, 4.69) is 24.3 Å². The smallest absolute Gasteiger partial charge is 0.266 e. The molecule has 1 heterocycles. The number of anilines is 1. The van der Waals surface area contributed by atoms with Crippen molar-refractivity contribution in [3.8, 4) is 17.4 Å². The first-order valence-electron chi connectivity index (χ1n) is 10.1. The van der Waals surface area contributed by atoms with Crippen LogP contribution in [0.4, 0.5) is 5.69 Å². The summed E-state index contributed by atoms with van der Waals surface area (Å²) in [6, 6.07) is 22.3. The lowest BCUT2D eigenvalue weighted by Crippen LogP contribution is -2.13. The zero-order valence-electron chi connectivity index (χ0n) is 17.6. The second-order valence-electron chi connectivity index (χ2n) is 7.70. The van der Waals surface area contributed by atoms with E-state index in [1.165, 1.54) is 5.56 Å². The predicted octanol–water partition coefficient (Wildman–Crippen LogP) is 6.82. The molecule has 5 nitrogen and oxygen atoms in total. The predicted molar refractivity (Wildman–Crippen MR) is 127 cm³/mol. The van der Waals surface area contributed by atoms with Gasteiger partial charge in [0.2, 0.25) is 0 Å². The van der Waals surface area contributed by atoms with Gasteiger partial charge in [0.1, 0.15) is 17.2 Å². The summed E-state index contributed by atoms with van der Waals surface area (Å²) in [4.78, 5) is 12.7. The zero-order valence-corrected chi connectivity index (χ0v) is 18.4. The maximum atomic E-state index is 12.7. The van der Waals surface area contributed by atoms with E-state index in [0.29, 0.717) is 33.5 Å². The molecule has 0 aliphatic carbocycles. The molecular weight excluding hydrogens is 422 g/mol. The van der Waals surface area contributed by atoms with Crippen LogP contribution in [0.15, 0.2) is 76.8 Å². The van der Waals surface area contributed by atoms with Crippen molar-refractivity contribution in [1.29, 1.82) is 5.26 Å². The van der Waals surface area contributed by atoms with E-state index >= 15 is 0 Å². The molecule has 0 saturated heterocycles. The lowest BCUT2D eigenvalue weighted by atomic mass is 10.0. The van der Waals surface area contributed by atoms with Crippen molar-refractivity contribution in [2.24, 2.45) is 0 Å². The molecule has 3 aromatic carbocycles. The molecule has 0 saturated carbocycles. The molecular formula is C26H20ClN3O2. The molecule has 0 spiro atoms. The molecule has 0 aliphatic rings. The van der Waals surface area contributed by atoms with Gasteiger partial charge in [-0.1, -0.05) is 48.8 Å². The molecule has 4 aromatic rings. The van der Waals surface area contributed by atoms with Gasteiger partial charge >= 0.3 is 0 Å². The molecule has 0 unspecified atom stereocenters. The molecule has 0 bridgehead atoms. The van der Waals surface area contributed by atoms with Crippen molar-refractivity contribution in [3.63, 3.8) is 0 Å². The Kier molecular flexibility index (Phi) is 6.07. The van der Waals surface area contributed by atoms with Crippen LogP contribution in [0.3, 0.4) is 0 Å². The standard InChI is InChI=1S/C26H20ClN3O2/c1-16(2)18-6-10-22(11-7-18)29-26(31)20(15-28)13-17-3-12-24-23(14-17)25(32-30-24)19-4-8-21(27)9-5-19/h3-14,16H,1-2H3,(H,29,31)/b20-13+. The number of rotatable bonds is 5. The van der Waals surface area contributed by atoms with Gasteiger partial charge in [-0.05, 0) is 71.7 Å². The van der Waals surface area contributed by atoms with Gasteiger partial charge in [0, 0.05) is 16.3 Å². The van der Waals surface area contributed by atoms with E-state index in [9.17, 15) is 10.1 Å². The first-order chi connectivity index (χ1) is 15.4. The van der Waals surface area contributed by atoms with Crippen LogP contribution in [0, 0.1) is 11.3 Å². The fourth-order valence-corrected chi connectivity index (χ4v) is 3.45. The summed E-state index contributed by atoms with van der Waals surface area (Å²) >= 11 is 5.98. The Morgan fingerprint density at radius 3 is 2.47 bits per heavy atom. The normalized spacial score (nSPS) is 11.5. The average Bonchev–Trinajstić information content (AvgIpc) is 3.21. The number of aromatic nitrogens is 1. The van der Waals surface area contributed by atoms with Gasteiger partial charge in [-0.25, -0.2) is 0 Å². The number of nitrogens with zero attached hydrogens (tertiary/aromatic N) is 2. The second kappa shape index (κ2) is 9.09. The molecule has 0 fully saturated rings. The lowest BCUT2D eigenvalue weighted by molar-refractivity contribution is -0.112. The molecule has 4 rings (SSSR count). The summed E-state index contributed by atoms with van der Waals surface area (Å²) in [6.45, 7) is 4.21. The van der Waals surface area contributed by atoms with E-state index in [0.717, 1.165) is 10.9 Å². The van der Waals surface area contributed by atoms with Crippen LogP contribution >= 0.6 is 11.6 Å². The Hall–Kier alpha value is -3.88. The van der Waals surface area contributed by atoms with Gasteiger partial charge < -0.3 is 9.84 Å². The van der Waals surface area contributed by atoms with Gasteiger partial charge in [-0.3, -0.25) is 4.79 Å². The highest BCUT2D eigenvalue weighted by molar-refractivity contribution is 6.30. The zero-order chi connectivity index (χ0) is 22.7. The van der Waals surface area contributed by atoms with Crippen LogP contribution < -0.4 is 5.32 Å². The third-order valence-corrected chi connectivity index (χ3v) is 5.37. The number of halogens is 1. The third kappa shape index (κ3) is 4.56. The Bertz CT molecular complexity index is 1340. The largest absolute Gasteiger partial charge is 0.355 e. The molecule has 0 aliphatic heterocycles. The van der Waals surface area contributed by atoms with Gasteiger partial charge in [-0.15, -0.1) is 0 Å². The van der Waals surface area contributed by atoms with Crippen molar-refractivity contribution in [1.82, 2.24) is 5.16 Å². The first-order valence-corrected chi connectivity index (χ1v) is 10.5. The molecule has 32 heavy (non-hydrogen) atoms. The van der Waals surface area contributed by atoms with E-state index in [1.807, 2.05) is 48.5 Å². The van der Waals surface area contributed by atoms with Crippen molar-refractivity contribution < 1.29 is 9.32 Å². The number of hydrogen-bond acceptors (Lipinski definition) is 4. The summed E-state index contributed by atoms with van der Waals surface area (Å²) in [5.41, 5.74) is 4.03. The van der Waals surface area contributed by atoms with Crippen LogP contribution in [0.5, 0.6) is 0 Å². The Labute approximate surface area is 190 Å². The van der Waals surface area contributed by atoms with Crippen LogP contribution in [-0.2, 0) is 4.79 Å². The van der Waals surface area contributed by atoms with Gasteiger partial charge in [0.25, 0.3) is 5.91 Å². The minimum absolute atomic E-state index is 0.00165.